The van der Waals surface area contributed by atoms with Crippen molar-refractivity contribution in [2.24, 2.45) is 5.84 Å². The Morgan fingerprint density at radius 1 is 1.50 bits per heavy atom. The Morgan fingerprint density at radius 3 is 2.70 bits per heavy atom. The van der Waals surface area contributed by atoms with E-state index in [1.165, 1.54) is 0 Å². The molecule has 0 amide bonds. The number of rotatable bonds is 6. The molecular weight excluding hydrogens is 245 g/mol. The van der Waals surface area contributed by atoms with Crippen molar-refractivity contribution in [1.82, 2.24) is 8.54 Å². The molecule has 0 saturated heterocycles. The predicted molar refractivity (Wildman–Crippen MR) is 49.5 cm³/mol. The molecule has 10 heavy (non-hydrogen) atoms. The molecule has 0 spiro atoms. The number of hydrazine groups is 1. The van der Waals surface area contributed by atoms with Crippen LogP contribution in [-0.4, -0.2) is 34.5 Å². The molecule has 0 aliphatic rings. The standard InChI is InChI=1S/C5H14IN3O/c6-9(4-5-10)3-1-2-8-7/h8,10H,1-5,7H2. The van der Waals surface area contributed by atoms with Gasteiger partial charge in [-0.25, -0.2) is 3.11 Å². The van der Waals surface area contributed by atoms with E-state index >= 15 is 0 Å². The second-order valence-electron chi connectivity index (χ2n) is 1.94. The molecule has 0 unspecified atom stereocenters. The number of hydrogen-bond acceptors (Lipinski definition) is 4. The minimum absolute atomic E-state index is 0.221. The topological polar surface area (TPSA) is 61.5 Å². The zero-order chi connectivity index (χ0) is 7.82. The highest BCUT2D eigenvalue weighted by atomic mass is 127. The SMILES string of the molecule is NNCCCN(I)CCO. The summed E-state index contributed by atoms with van der Waals surface area (Å²) in [5.41, 5.74) is 2.57. The molecule has 0 aliphatic heterocycles. The van der Waals surface area contributed by atoms with E-state index in [1.54, 1.807) is 0 Å². The maximum Gasteiger partial charge on any atom is 0.0566 e. The smallest absolute Gasteiger partial charge is 0.0566 e. The fraction of sp³-hybridized carbons (Fsp3) is 1.00. The van der Waals surface area contributed by atoms with Crippen LogP contribution < -0.4 is 11.3 Å². The van der Waals surface area contributed by atoms with Crippen LogP contribution in [0.2, 0.25) is 0 Å². The van der Waals surface area contributed by atoms with Gasteiger partial charge in [0, 0.05) is 42.5 Å². The van der Waals surface area contributed by atoms with Gasteiger partial charge in [-0.05, 0) is 6.42 Å². The van der Waals surface area contributed by atoms with Gasteiger partial charge in [-0.15, -0.1) is 0 Å². The highest BCUT2D eigenvalue weighted by Gasteiger charge is 1.96. The van der Waals surface area contributed by atoms with Crippen LogP contribution in [0.25, 0.3) is 0 Å². The summed E-state index contributed by atoms with van der Waals surface area (Å²) in [6.07, 6.45) is 1.01. The minimum Gasteiger partial charge on any atom is -0.395 e. The Hall–Kier alpha value is 0.570. The number of halogens is 1. The van der Waals surface area contributed by atoms with E-state index in [0.29, 0.717) is 0 Å². The molecule has 0 aromatic rings. The van der Waals surface area contributed by atoms with E-state index in [-0.39, 0.29) is 6.61 Å². The van der Waals surface area contributed by atoms with E-state index in [1.807, 2.05) is 3.11 Å². The third kappa shape index (κ3) is 6.69. The lowest BCUT2D eigenvalue weighted by Crippen LogP contribution is -2.26. The van der Waals surface area contributed by atoms with Crippen LogP contribution in [-0.2, 0) is 0 Å². The number of nitrogens with two attached hydrogens (primary N) is 1. The molecule has 0 radical (unpaired) electrons. The summed E-state index contributed by atoms with van der Waals surface area (Å²) in [6, 6.07) is 0. The van der Waals surface area contributed by atoms with Crippen LogP contribution in [0.4, 0.5) is 0 Å². The number of hydrogen-bond donors (Lipinski definition) is 3. The van der Waals surface area contributed by atoms with E-state index in [2.05, 4.69) is 28.3 Å². The molecule has 0 aliphatic carbocycles. The molecule has 0 aromatic carbocycles. The van der Waals surface area contributed by atoms with Crippen molar-refractivity contribution in [2.45, 2.75) is 6.42 Å². The number of aliphatic hydroxyl groups excluding tert-OH is 1. The van der Waals surface area contributed by atoms with E-state index < -0.39 is 0 Å². The molecule has 0 fully saturated rings. The zero-order valence-corrected chi connectivity index (χ0v) is 8.04. The molecule has 0 saturated carbocycles. The van der Waals surface area contributed by atoms with Gasteiger partial charge in [-0.3, -0.25) is 11.3 Å². The summed E-state index contributed by atoms with van der Waals surface area (Å²) in [6.45, 7) is 2.74. The van der Waals surface area contributed by atoms with Crippen molar-refractivity contribution in [3.05, 3.63) is 0 Å². The highest BCUT2D eigenvalue weighted by Crippen LogP contribution is 1.97. The lowest BCUT2D eigenvalue weighted by atomic mass is 10.4. The lowest BCUT2D eigenvalue weighted by Gasteiger charge is -2.11. The average Bonchev–Trinajstić information content (AvgIpc) is 1.89. The Balaban J connectivity index is 2.97. The molecule has 0 bridgehead atoms. The first-order chi connectivity index (χ1) is 4.81. The monoisotopic (exact) mass is 259 g/mol. The molecule has 5 heteroatoms. The second kappa shape index (κ2) is 7.67. The number of nitrogens with zero attached hydrogens (tertiary/aromatic N) is 1. The van der Waals surface area contributed by atoms with Gasteiger partial charge in [0.1, 0.15) is 0 Å². The lowest BCUT2D eigenvalue weighted by molar-refractivity contribution is 0.268. The summed E-state index contributed by atoms with van der Waals surface area (Å²) in [4.78, 5) is 0. The number of aliphatic hydroxyl groups is 1. The summed E-state index contributed by atoms with van der Waals surface area (Å²) in [5.74, 6) is 5.07. The van der Waals surface area contributed by atoms with Crippen LogP contribution in [0.15, 0.2) is 0 Å². The van der Waals surface area contributed by atoms with E-state index in [9.17, 15) is 0 Å². The fourth-order valence-corrected chi connectivity index (χ4v) is 1.13. The van der Waals surface area contributed by atoms with Gasteiger partial charge in [0.25, 0.3) is 0 Å². The van der Waals surface area contributed by atoms with Crippen LogP contribution >= 0.6 is 22.9 Å². The largest absolute Gasteiger partial charge is 0.395 e. The molecular formula is C5H14IN3O. The van der Waals surface area contributed by atoms with Crippen LogP contribution in [0, 0.1) is 0 Å². The van der Waals surface area contributed by atoms with Crippen LogP contribution in [0.3, 0.4) is 0 Å². The van der Waals surface area contributed by atoms with Crippen molar-refractivity contribution >= 4 is 22.9 Å². The summed E-state index contributed by atoms with van der Waals surface area (Å²) < 4.78 is 2.04. The van der Waals surface area contributed by atoms with Gasteiger partial charge >= 0.3 is 0 Å². The van der Waals surface area contributed by atoms with Gasteiger partial charge in [0.2, 0.25) is 0 Å². The van der Waals surface area contributed by atoms with Gasteiger partial charge < -0.3 is 5.11 Å². The van der Waals surface area contributed by atoms with Crippen molar-refractivity contribution in [3.8, 4) is 0 Å². The zero-order valence-electron chi connectivity index (χ0n) is 5.89. The Kier molecular flexibility index (Phi) is 8.11. The quantitative estimate of drug-likeness (QED) is 0.197. The van der Waals surface area contributed by atoms with Crippen molar-refractivity contribution < 1.29 is 5.11 Å². The maximum absolute atomic E-state index is 8.51. The molecule has 4 N–H and O–H groups in total. The molecule has 0 aromatic heterocycles. The maximum atomic E-state index is 8.51. The first-order valence-corrected chi connectivity index (χ1v) is 4.22. The van der Waals surface area contributed by atoms with Gasteiger partial charge in [-0.1, -0.05) is 0 Å². The van der Waals surface area contributed by atoms with Crippen molar-refractivity contribution in [1.29, 1.82) is 0 Å². The van der Waals surface area contributed by atoms with Crippen molar-refractivity contribution in [2.75, 3.05) is 26.2 Å². The predicted octanol–water partition coefficient (Wildman–Crippen LogP) is -0.516. The average molecular weight is 259 g/mol. The van der Waals surface area contributed by atoms with E-state index in [0.717, 1.165) is 26.1 Å². The summed E-state index contributed by atoms with van der Waals surface area (Å²) >= 11 is 2.19. The molecule has 62 valence electrons. The Bertz CT molecular complexity index is 73.9. The Morgan fingerprint density at radius 2 is 2.20 bits per heavy atom. The highest BCUT2D eigenvalue weighted by molar-refractivity contribution is 14.1. The Labute approximate surface area is 75.2 Å². The minimum atomic E-state index is 0.221. The summed E-state index contributed by atoms with van der Waals surface area (Å²) in [7, 11) is 0. The number of nitrogens with one attached hydrogen (secondary N) is 1. The van der Waals surface area contributed by atoms with Crippen LogP contribution in [0.5, 0.6) is 0 Å². The second-order valence-corrected chi connectivity index (χ2v) is 3.31. The van der Waals surface area contributed by atoms with Crippen LogP contribution in [0.1, 0.15) is 6.42 Å². The van der Waals surface area contributed by atoms with E-state index in [4.69, 9.17) is 10.9 Å². The first kappa shape index (κ1) is 10.6. The molecule has 0 rings (SSSR count). The molecule has 0 heterocycles. The normalized spacial score (nSPS) is 10.8. The molecule has 0 atom stereocenters. The summed E-state index contributed by atoms with van der Waals surface area (Å²) in [5, 5.41) is 8.51. The first-order valence-electron chi connectivity index (χ1n) is 3.26. The van der Waals surface area contributed by atoms with Gasteiger partial charge in [-0.2, -0.15) is 0 Å². The van der Waals surface area contributed by atoms with Crippen molar-refractivity contribution in [3.63, 3.8) is 0 Å². The van der Waals surface area contributed by atoms with Gasteiger partial charge in [0.05, 0.1) is 6.61 Å². The fourth-order valence-electron chi connectivity index (χ4n) is 0.573. The third-order valence-electron chi connectivity index (χ3n) is 1.06. The molecule has 4 nitrogen and oxygen atoms in total. The third-order valence-corrected chi connectivity index (χ3v) is 2.03. The van der Waals surface area contributed by atoms with Gasteiger partial charge in [0.15, 0.2) is 0 Å².